The summed E-state index contributed by atoms with van der Waals surface area (Å²) in [6.07, 6.45) is 8.27. The molecule has 2 aliphatic heterocycles. The molecule has 0 radical (unpaired) electrons. The number of amides is 1. The number of aromatic nitrogens is 3. The lowest BCUT2D eigenvalue weighted by atomic mass is 10.1. The fourth-order valence-corrected chi connectivity index (χ4v) is 5.44. The first-order valence-corrected chi connectivity index (χ1v) is 13.2. The zero-order valence-electron chi connectivity index (χ0n) is 21.3. The Bertz CT molecular complexity index is 1380. The number of rotatable bonds is 7. The lowest BCUT2D eigenvalue weighted by molar-refractivity contribution is -0.125. The zero-order chi connectivity index (χ0) is 26.9. The van der Waals surface area contributed by atoms with E-state index in [2.05, 4.69) is 21.8 Å². The van der Waals surface area contributed by atoms with Gasteiger partial charge in [0.2, 0.25) is 5.95 Å². The standard InChI is InChI=1S/C28H31ClF2N6O/c1-19-15-21(11-12-32-19)26(38)34-27-33-24-10-5-9-23(29)25(24)37(27)22-8-3-4-14-36(16-22)20(2)7-6-13-35-17-28(30,31)18-35/h5-7,9-12,15,22H,2-4,8,13-14,16-18H2,1H3,(H,33,34,38)/b7-6+/t22-/m1/s1. The van der Waals surface area contributed by atoms with Crippen LogP contribution in [0.2, 0.25) is 5.02 Å². The van der Waals surface area contributed by atoms with Gasteiger partial charge in [0, 0.05) is 42.8 Å². The molecule has 4 heterocycles. The number of allylic oxidation sites excluding steroid dienone is 1. The second-order valence-corrected chi connectivity index (χ2v) is 10.5. The van der Waals surface area contributed by atoms with Crippen molar-refractivity contribution in [1.82, 2.24) is 24.3 Å². The zero-order valence-corrected chi connectivity index (χ0v) is 22.1. The second-order valence-electron chi connectivity index (χ2n) is 10.1. The molecule has 0 saturated carbocycles. The average molecular weight is 541 g/mol. The largest absolute Gasteiger partial charge is 0.370 e. The minimum Gasteiger partial charge on any atom is -0.370 e. The first-order chi connectivity index (χ1) is 18.2. The number of imidazole rings is 1. The number of hydrogen-bond acceptors (Lipinski definition) is 5. The molecular formula is C28H31ClF2N6O. The van der Waals surface area contributed by atoms with E-state index in [1.165, 1.54) is 0 Å². The Morgan fingerprint density at radius 3 is 2.87 bits per heavy atom. The molecule has 2 saturated heterocycles. The summed E-state index contributed by atoms with van der Waals surface area (Å²) < 4.78 is 28.3. The van der Waals surface area contributed by atoms with E-state index in [1.54, 1.807) is 23.2 Å². The summed E-state index contributed by atoms with van der Waals surface area (Å²) in [5, 5.41) is 3.57. The third-order valence-electron chi connectivity index (χ3n) is 7.05. The van der Waals surface area contributed by atoms with Crippen LogP contribution in [0.25, 0.3) is 11.0 Å². The van der Waals surface area contributed by atoms with Crippen molar-refractivity contribution in [2.75, 3.05) is 38.0 Å². The summed E-state index contributed by atoms with van der Waals surface area (Å²) in [6.45, 7) is 7.65. The fraction of sp³-hybridized carbons (Fsp3) is 0.393. The fourth-order valence-electron chi connectivity index (χ4n) is 5.18. The Morgan fingerprint density at radius 2 is 2.11 bits per heavy atom. The number of nitrogens with one attached hydrogen (secondary N) is 1. The van der Waals surface area contributed by atoms with Gasteiger partial charge in [-0.15, -0.1) is 0 Å². The number of halogens is 3. The highest BCUT2D eigenvalue weighted by molar-refractivity contribution is 6.35. The smallest absolute Gasteiger partial charge is 0.272 e. The molecule has 200 valence electrons. The number of hydrogen-bond donors (Lipinski definition) is 1. The number of likely N-dealkylation sites (tertiary alicyclic amines) is 2. The topological polar surface area (TPSA) is 66.3 Å². The van der Waals surface area contributed by atoms with Gasteiger partial charge >= 0.3 is 0 Å². The minimum absolute atomic E-state index is 0.0175. The molecule has 1 aromatic carbocycles. The molecule has 0 bridgehead atoms. The number of aryl methyl sites for hydroxylation is 1. The van der Waals surface area contributed by atoms with Gasteiger partial charge in [-0.1, -0.05) is 30.3 Å². The number of benzene rings is 1. The van der Waals surface area contributed by atoms with Gasteiger partial charge < -0.3 is 9.47 Å². The summed E-state index contributed by atoms with van der Waals surface area (Å²) in [5.41, 5.74) is 3.57. The Morgan fingerprint density at radius 1 is 1.29 bits per heavy atom. The van der Waals surface area contributed by atoms with E-state index in [4.69, 9.17) is 16.6 Å². The molecule has 2 aliphatic rings. The third kappa shape index (κ3) is 5.73. The number of alkyl halides is 2. The summed E-state index contributed by atoms with van der Waals surface area (Å²) in [5.74, 6) is -2.39. The van der Waals surface area contributed by atoms with Crippen LogP contribution in [-0.2, 0) is 0 Å². The number of nitrogens with zero attached hydrogens (tertiary/aromatic N) is 5. The third-order valence-corrected chi connectivity index (χ3v) is 7.35. The van der Waals surface area contributed by atoms with Gasteiger partial charge in [0.15, 0.2) is 0 Å². The number of pyridine rings is 1. The van der Waals surface area contributed by atoms with Crippen LogP contribution in [0, 0.1) is 6.92 Å². The highest BCUT2D eigenvalue weighted by Gasteiger charge is 2.42. The summed E-state index contributed by atoms with van der Waals surface area (Å²) in [4.78, 5) is 26.0. The average Bonchev–Trinajstić information content (AvgIpc) is 3.04. The molecule has 1 N–H and O–H groups in total. The summed E-state index contributed by atoms with van der Waals surface area (Å²) >= 11 is 6.66. The first kappa shape index (κ1) is 26.3. The Hall–Kier alpha value is -3.30. The van der Waals surface area contributed by atoms with Crippen LogP contribution >= 0.6 is 11.6 Å². The number of fused-ring (bicyclic) bond motifs is 1. The molecule has 0 aliphatic carbocycles. The van der Waals surface area contributed by atoms with Crippen LogP contribution in [0.4, 0.5) is 14.7 Å². The highest BCUT2D eigenvalue weighted by Crippen LogP contribution is 2.34. The van der Waals surface area contributed by atoms with Crippen molar-refractivity contribution in [3.8, 4) is 0 Å². The minimum atomic E-state index is -2.57. The van der Waals surface area contributed by atoms with Crippen molar-refractivity contribution < 1.29 is 13.6 Å². The number of anilines is 1. The van der Waals surface area contributed by atoms with E-state index < -0.39 is 5.92 Å². The second kappa shape index (κ2) is 10.8. The Balaban J connectivity index is 1.39. The van der Waals surface area contributed by atoms with Crippen LogP contribution in [0.5, 0.6) is 0 Å². The van der Waals surface area contributed by atoms with Crippen LogP contribution in [0.1, 0.15) is 41.4 Å². The predicted molar refractivity (Wildman–Crippen MR) is 146 cm³/mol. The Kier molecular flexibility index (Phi) is 7.49. The van der Waals surface area contributed by atoms with Crippen molar-refractivity contribution in [1.29, 1.82) is 0 Å². The lowest BCUT2D eigenvalue weighted by Crippen LogP contribution is -2.55. The van der Waals surface area contributed by atoms with E-state index >= 15 is 0 Å². The molecule has 3 aromatic rings. The van der Waals surface area contributed by atoms with Crippen LogP contribution in [-0.4, -0.2) is 68.9 Å². The highest BCUT2D eigenvalue weighted by atomic mass is 35.5. The molecular weight excluding hydrogens is 510 g/mol. The van der Waals surface area contributed by atoms with Crippen molar-refractivity contribution >= 4 is 34.5 Å². The molecule has 5 rings (SSSR count). The summed E-state index contributed by atoms with van der Waals surface area (Å²) in [7, 11) is 0. The number of para-hydroxylation sites is 1. The molecule has 10 heteroatoms. The quantitative estimate of drug-likeness (QED) is 0.390. The van der Waals surface area contributed by atoms with Crippen molar-refractivity contribution in [2.24, 2.45) is 0 Å². The number of carbonyl (C=O) groups is 1. The van der Waals surface area contributed by atoms with Gasteiger partial charge in [-0.3, -0.25) is 20.0 Å². The van der Waals surface area contributed by atoms with Crippen molar-refractivity contribution in [3.63, 3.8) is 0 Å². The van der Waals surface area contributed by atoms with Gasteiger partial charge in [0.25, 0.3) is 11.8 Å². The van der Waals surface area contributed by atoms with E-state index in [1.807, 2.05) is 41.8 Å². The van der Waals surface area contributed by atoms with E-state index in [9.17, 15) is 13.6 Å². The van der Waals surface area contributed by atoms with Gasteiger partial charge in [0.1, 0.15) is 0 Å². The predicted octanol–water partition coefficient (Wildman–Crippen LogP) is 5.69. The van der Waals surface area contributed by atoms with Crippen molar-refractivity contribution in [3.05, 3.63) is 77.2 Å². The SMILES string of the molecule is C=C(/C=C/CN1CC(F)(F)C1)N1CCCC[C@@H](n2c(NC(=O)c3ccnc(C)c3)nc3cccc(Cl)c32)C1. The molecule has 0 spiro atoms. The number of carbonyl (C=O) groups excluding carboxylic acids is 1. The molecule has 7 nitrogen and oxygen atoms in total. The molecule has 2 aromatic heterocycles. The van der Waals surface area contributed by atoms with Gasteiger partial charge in [-0.2, -0.15) is 0 Å². The first-order valence-electron chi connectivity index (χ1n) is 12.8. The van der Waals surface area contributed by atoms with E-state index in [0.29, 0.717) is 35.1 Å². The van der Waals surface area contributed by atoms with Gasteiger partial charge in [-0.05, 0) is 56.5 Å². The van der Waals surface area contributed by atoms with E-state index in [0.717, 1.165) is 42.7 Å². The van der Waals surface area contributed by atoms with Gasteiger partial charge in [-0.25, -0.2) is 13.8 Å². The van der Waals surface area contributed by atoms with Crippen LogP contribution < -0.4 is 5.32 Å². The van der Waals surface area contributed by atoms with Crippen molar-refractivity contribution in [2.45, 2.75) is 38.2 Å². The molecule has 0 unspecified atom stereocenters. The monoisotopic (exact) mass is 540 g/mol. The lowest BCUT2D eigenvalue weighted by Gasteiger charge is -2.38. The van der Waals surface area contributed by atoms with Crippen LogP contribution in [0.15, 0.2) is 61.0 Å². The maximum Gasteiger partial charge on any atom is 0.272 e. The molecule has 1 amide bonds. The normalized spacial score (nSPS) is 19.9. The molecule has 1 atom stereocenters. The Labute approximate surface area is 225 Å². The molecule has 2 fully saturated rings. The van der Waals surface area contributed by atoms with E-state index in [-0.39, 0.29) is 25.0 Å². The van der Waals surface area contributed by atoms with Crippen LogP contribution in [0.3, 0.4) is 0 Å². The maximum absolute atomic E-state index is 13.1. The summed E-state index contributed by atoms with van der Waals surface area (Å²) in [6, 6.07) is 8.96. The molecule has 38 heavy (non-hydrogen) atoms. The maximum atomic E-state index is 13.1. The van der Waals surface area contributed by atoms with Gasteiger partial charge in [0.05, 0.1) is 35.2 Å².